The third-order valence-corrected chi connectivity index (χ3v) is 10.5. The van der Waals surface area contributed by atoms with Crippen molar-refractivity contribution in [1.82, 2.24) is 0 Å². The second-order valence-corrected chi connectivity index (χ2v) is 15.6. The molecule has 0 bridgehead atoms. The maximum Gasteiger partial charge on any atom is 0.297 e. The molecule has 0 spiro atoms. The van der Waals surface area contributed by atoms with Gasteiger partial charge >= 0.3 is 0 Å². The Labute approximate surface area is 306 Å². The van der Waals surface area contributed by atoms with Gasteiger partial charge < -0.3 is 19.7 Å². The van der Waals surface area contributed by atoms with Gasteiger partial charge in [-0.2, -0.15) is 16.8 Å². The number of unbranched alkanes of at least 4 members (excludes halogenated alkanes) is 13. The Morgan fingerprint density at radius 2 is 0.827 bits per heavy atom. The highest BCUT2D eigenvalue weighted by Crippen LogP contribution is 2.21. The number of hydrogen-bond donors (Lipinski definition) is 2. The van der Waals surface area contributed by atoms with Gasteiger partial charge in [0.15, 0.2) is 0 Å². The molecule has 0 aliphatic carbocycles. The van der Waals surface area contributed by atoms with Gasteiger partial charge in [0.2, 0.25) is 0 Å². The van der Waals surface area contributed by atoms with Gasteiger partial charge in [0.25, 0.3) is 31.6 Å². The van der Waals surface area contributed by atoms with E-state index < -0.39 is 55.5 Å². The topological polar surface area (TPSA) is 232 Å². The summed E-state index contributed by atoms with van der Waals surface area (Å²) in [6.07, 6.45) is 13.1. The Bertz CT molecular complexity index is 1440. The summed E-state index contributed by atoms with van der Waals surface area (Å²) in [5.41, 5.74) is -0.746. The van der Waals surface area contributed by atoms with E-state index in [0.717, 1.165) is 63.5 Å². The van der Waals surface area contributed by atoms with Crippen LogP contribution in [0.2, 0.25) is 0 Å². The lowest BCUT2D eigenvalue weighted by atomic mass is 10.0. The minimum absolute atomic E-state index is 0.0752. The van der Waals surface area contributed by atoms with E-state index in [-0.39, 0.29) is 34.4 Å². The lowest BCUT2D eigenvalue weighted by Crippen LogP contribution is -2.24. The van der Waals surface area contributed by atoms with E-state index in [1.165, 1.54) is 74.9 Å². The first-order chi connectivity index (χ1) is 24.8. The van der Waals surface area contributed by atoms with E-state index in [9.17, 15) is 47.3 Å². The van der Waals surface area contributed by atoms with Crippen LogP contribution >= 0.6 is 0 Å². The zero-order chi connectivity index (χ0) is 38.2. The molecule has 16 nitrogen and oxygen atoms in total. The average Bonchev–Trinajstić information content (AvgIpc) is 3.12. The highest BCUT2D eigenvalue weighted by molar-refractivity contribution is 7.87. The van der Waals surface area contributed by atoms with Crippen molar-refractivity contribution in [2.75, 3.05) is 39.6 Å². The number of nitro benzene ring substituents is 2. The zero-order valence-electron chi connectivity index (χ0n) is 29.4. The SMILES string of the molecule is O=[N+]([O-])c1cccc(S(=O)(=O)OC[C@@H](O)COCCCCCCCCCCCCCCCCOC[C@H](O)COS(=O)(=O)c2cccc([N+](=O)[O-])c2)c1. The van der Waals surface area contributed by atoms with Gasteiger partial charge in [-0.25, -0.2) is 0 Å². The number of ether oxygens (including phenoxy) is 2. The second kappa shape index (κ2) is 25.0. The number of rotatable bonds is 31. The molecule has 0 heterocycles. The first-order valence-electron chi connectivity index (χ1n) is 17.6. The molecular weight excluding hydrogens is 725 g/mol. The average molecular weight is 777 g/mol. The number of aliphatic hydroxyl groups excluding tert-OH is 2. The van der Waals surface area contributed by atoms with E-state index in [1.807, 2.05) is 0 Å². The largest absolute Gasteiger partial charge is 0.388 e. The fourth-order valence-electron chi connectivity index (χ4n) is 5.04. The van der Waals surface area contributed by atoms with Crippen LogP contribution in [0.3, 0.4) is 0 Å². The molecule has 0 amide bonds. The molecule has 52 heavy (non-hydrogen) atoms. The third-order valence-electron chi connectivity index (χ3n) is 7.91. The van der Waals surface area contributed by atoms with Crippen LogP contribution in [0.5, 0.6) is 0 Å². The summed E-state index contributed by atoms with van der Waals surface area (Å²) in [7, 11) is -8.49. The number of nitrogens with zero attached hydrogens (tertiary/aromatic N) is 2. The molecule has 2 aromatic rings. The number of non-ortho nitro benzene ring substituents is 2. The summed E-state index contributed by atoms with van der Waals surface area (Å²) in [6.45, 7) is -0.279. The van der Waals surface area contributed by atoms with E-state index in [0.29, 0.717) is 13.2 Å². The molecule has 2 atom stereocenters. The van der Waals surface area contributed by atoms with Crippen molar-refractivity contribution < 1.29 is 54.7 Å². The molecule has 2 aromatic carbocycles. The molecule has 2 N–H and O–H groups in total. The summed E-state index contributed by atoms with van der Waals surface area (Å²) < 4.78 is 69.4. The quantitative estimate of drug-likeness (QED) is 0.0397. The lowest BCUT2D eigenvalue weighted by molar-refractivity contribution is -0.385. The summed E-state index contributed by atoms with van der Waals surface area (Å²) in [5.74, 6) is 0. The van der Waals surface area contributed by atoms with E-state index in [1.54, 1.807) is 0 Å². The number of benzene rings is 2. The van der Waals surface area contributed by atoms with Crippen molar-refractivity contribution in [3.05, 3.63) is 68.8 Å². The summed E-state index contributed by atoms with van der Waals surface area (Å²) in [6, 6.07) is 9.02. The molecule has 0 radical (unpaired) electrons. The maximum atomic E-state index is 12.2. The van der Waals surface area contributed by atoms with Gasteiger partial charge in [-0.15, -0.1) is 0 Å². The third kappa shape index (κ3) is 19.1. The Morgan fingerprint density at radius 3 is 1.13 bits per heavy atom. The van der Waals surface area contributed by atoms with Crippen LogP contribution in [0.15, 0.2) is 58.3 Å². The number of hydrogen-bond acceptors (Lipinski definition) is 14. The molecular formula is C34H52N2O14S2. The van der Waals surface area contributed by atoms with Crippen molar-refractivity contribution in [3.8, 4) is 0 Å². The van der Waals surface area contributed by atoms with Crippen LogP contribution in [0.1, 0.15) is 89.9 Å². The standard InChI is InChI=1S/C34H52N2O14S2/c37-31(27-49-51(43,44)33-19-15-17-29(23-33)35(39)40)25-47-21-13-11-9-7-5-3-1-2-4-6-8-10-12-14-22-48-26-32(38)28-50-52(45,46)34-20-16-18-30(24-34)36(41)42/h15-20,23-24,31-32,37-38H,1-14,21-22,25-28H2/t31-,32-/m0/s1. The predicted molar refractivity (Wildman–Crippen MR) is 191 cm³/mol. The minimum Gasteiger partial charge on any atom is -0.388 e. The Hall–Kier alpha value is -3.10. The molecule has 0 saturated heterocycles. The van der Waals surface area contributed by atoms with Crippen LogP contribution in [0.25, 0.3) is 0 Å². The van der Waals surface area contributed by atoms with Gasteiger partial charge in [0.1, 0.15) is 22.0 Å². The lowest BCUT2D eigenvalue weighted by Gasteiger charge is -2.12. The van der Waals surface area contributed by atoms with E-state index in [4.69, 9.17) is 17.8 Å². The van der Waals surface area contributed by atoms with E-state index >= 15 is 0 Å². The van der Waals surface area contributed by atoms with Crippen LogP contribution in [-0.2, 0) is 38.1 Å². The zero-order valence-corrected chi connectivity index (χ0v) is 31.1. The van der Waals surface area contributed by atoms with Crippen LogP contribution in [0, 0.1) is 20.2 Å². The molecule has 0 fully saturated rings. The molecule has 0 unspecified atom stereocenters. The smallest absolute Gasteiger partial charge is 0.297 e. The van der Waals surface area contributed by atoms with Gasteiger partial charge in [-0.1, -0.05) is 89.2 Å². The highest BCUT2D eigenvalue weighted by atomic mass is 32.2. The van der Waals surface area contributed by atoms with Crippen LogP contribution < -0.4 is 0 Å². The van der Waals surface area contributed by atoms with Gasteiger partial charge in [-0.05, 0) is 25.0 Å². The number of nitro groups is 2. The van der Waals surface area contributed by atoms with Crippen LogP contribution in [0.4, 0.5) is 11.4 Å². The van der Waals surface area contributed by atoms with Crippen molar-refractivity contribution in [2.24, 2.45) is 0 Å². The summed E-state index contributed by atoms with van der Waals surface area (Å²) >= 11 is 0. The second-order valence-electron chi connectivity index (χ2n) is 12.4. The molecule has 0 aromatic heterocycles. The van der Waals surface area contributed by atoms with Crippen molar-refractivity contribution in [3.63, 3.8) is 0 Å². The summed E-state index contributed by atoms with van der Waals surface area (Å²) in [4.78, 5) is 19.6. The monoisotopic (exact) mass is 776 g/mol. The van der Waals surface area contributed by atoms with Crippen molar-refractivity contribution in [1.29, 1.82) is 0 Å². The van der Waals surface area contributed by atoms with Gasteiger partial charge in [-0.3, -0.25) is 28.6 Å². The van der Waals surface area contributed by atoms with Gasteiger partial charge in [0, 0.05) is 37.5 Å². The Morgan fingerprint density at radius 1 is 0.519 bits per heavy atom. The van der Waals surface area contributed by atoms with Crippen molar-refractivity contribution in [2.45, 2.75) is 112 Å². The van der Waals surface area contributed by atoms with E-state index in [2.05, 4.69) is 0 Å². The first kappa shape index (κ1) is 45.1. The van der Waals surface area contributed by atoms with Crippen LogP contribution in [-0.4, -0.2) is 88.7 Å². The predicted octanol–water partition coefficient (Wildman–Crippen LogP) is 5.83. The summed E-state index contributed by atoms with van der Waals surface area (Å²) in [5, 5.41) is 41.6. The molecule has 2 rings (SSSR count). The Kier molecular flexibility index (Phi) is 21.7. The highest BCUT2D eigenvalue weighted by Gasteiger charge is 2.22. The minimum atomic E-state index is -4.24. The molecule has 0 saturated carbocycles. The molecule has 294 valence electrons. The maximum absolute atomic E-state index is 12.2. The molecule has 18 heteroatoms. The Balaban J connectivity index is 1.33. The van der Waals surface area contributed by atoms with Crippen molar-refractivity contribution >= 4 is 31.6 Å². The first-order valence-corrected chi connectivity index (χ1v) is 20.4. The fraction of sp³-hybridized carbons (Fsp3) is 0.647. The number of aliphatic hydroxyl groups is 2. The fourth-order valence-corrected chi connectivity index (χ4v) is 7.01. The van der Waals surface area contributed by atoms with Gasteiger partial charge in [0.05, 0.1) is 36.3 Å². The molecule has 0 aliphatic heterocycles. The normalized spacial score (nSPS) is 13.2. The molecule has 0 aliphatic rings.